The fourth-order valence-electron chi connectivity index (χ4n) is 2.19. The number of hydrogen-bond donors (Lipinski definition) is 2. The van der Waals surface area contributed by atoms with Gasteiger partial charge >= 0.3 is 0 Å². The second-order valence-corrected chi connectivity index (χ2v) is 5.27. The molecule has 0 unspecified atom stereocenters. The fraction of sp³-hybridized carbons (Fsp3) is 0.562. The van der Waals surface area contributed by atoms with Gasteiger partial charge in [0, 0.05) is 31.8 Å². The highest BCUT2D eigenvalue weighted by atomic mass is 16.5. The molecule has 1 fully saturated rings. The van der Waals surface area contributed by atoms with Crippen LogP contribution in [-0.2, 0) is 6.54 Å². The Kier molecular flexibility index (Phi) is 5.75. The molecule has 0 spiro atoms. The lowest BCUT2D eigenvalue weighted by Gasteiger charge is -2.16. The molecule has 0 aliphatic heterocycles. The Balaban J connectivity index is 2.03. The van der Waals surface area contributed by atoms with Crippen LogP contribution in [0.15, 0.2) is 17.1 Å². The molecule has 1 aromatic rings. The van der Waals surface area contributed by atoms with Crippen molar-refractivity contribution < 1.29 is 14.2 Å². The first-order chi connectivity index (χ1) is 10.7. The average molecular weight is 307 g/mol. The minimum atomic E-state index is 0.591. The Bertz CT molecular complexity index is 528. The van der Waals surface area contributed by atoms with E-state index < -0.39 is 0 Å². The van der Waals surface area contributed by atoms with Crippen molar-refractivity contribution in [1.82, 2.24) is 10.6 Å². The van der Waals surface area contributed by atoms with Crippen molar-refractivity contribution >= 4 is 5.96 Å². The maximum atomic E-state index is 5.43. The highest BCUT2D eigenvalue weighted by Crippen LogP contribution is 2.34. The zero-order valence-corrected chi connectivity index (χ0v) is 13.7. The molecule has 0 amide bonds. The molecular weight excluding hydrogens is 282 g/mol. The molecule has 6 heteroatoms. The number of guanidine groups is 1. The molecule has 1 aliphatic carbocycles. The monoisotopic (exact) mass is 307 g/mol. The highest BCUT2D eigenvalue weighted by molar-refractivity contribution is 5.79. The first-order valence-corrected chi connectivity index (χ1v) is 7.45. The van der Waals surface area contributed by atoms with E-state index in [9.17, 15) is 0 Å². The Morgan fingerprint density at radius 2 is 1.68 bits per heavy atom. The molecule has 6 nitrogen and oxygen atoms in total. The molecule has 0 atom stereocenters. The predicted molar refractivity (Wildman–Crippen MR) is 87.0 cm³/mol. The molecule has 122 valence electrons. The molecule has 22 heavy (non-hydrogen) atoms. The van der Waals surface area contributed by atoms with E-state index in [4.69, 9.17) is 14.2 Å². The number of nitrogens with one attached hydrogen (secondary N) is 2. The predicted octanol–water partition coefficient (Wildman–Crippen LogP) is 1.79. The van der Waals surface area contributed by atoms with E-state index in [-0.39, 0.29) is 0 Å². The lowest BCUT2D eigenvalue weighted by molar-refractivity contribution is 0.347. The summed E-state index contributed by atoms with van der Waals surface area (Å²) in [6, 6.07) is 3.75. The van der Waals surface area contributed by atoms with Crippen LogP contribution in [0.4, 0.5) is 0 Å². The molecule has 1 saturated carbocycles. The van der Waals surface area contributed by atoms with Gasteiger partial charge in [-0.2, -0.15) is 0 Å². The van der Waals surface area contributed by atoms with Gasteiger partial charge < -0.3 is 24.8 Å². The second kappa shape index (κ2) is 7.77. The summed E-state index contributed by atoms with van der Waals surface area (Å²) in [5, 5.41) is 6.63. The maximum Gasteiger partial charge on any atom is 0.191 e. The van der Waals surface area contributed by atoms with Crippen molar-refractivity contribution in [3.05, 3.63) is 17.7 Å². The number of nitrogens with zero attached hydrogens (tertiary/aromatic N) is 1. The third-order valence-corrected chi connectivity index (χ3v) is 3.71. The lowest BCUT2D eigenvalue weighted by Crippen LogP contribution is -2.37. The van der Waals surface area contributed by atoms with Crippen molar-refractivity contribution in [2.24, 2.45) is 10.9 Å². The minimum absolute atomic E-state index is 0.591. The van der Waals surface area contributed by atoms with Crippen LogP contribution in [-0.4, -0.2) is 40.9 Å². The second-order valence-electron chi connectivity index (χ2n) is 5.27. The minimum Gasteiger partial charge on any atom is -0.496 e. The van der Waals surface area contributed by atoms with Crippen LogP contribution in [0.1, 0.15) is 18.4 Å². The van der Waals surface area contributed by atoms with Crippen molar-refractivity contribution in [2.45, 2.75) is 19.4 Å². The number of methoxy groups -OCH3 is 3. The molecule has 0 bridgehead atoms. The molecule has 2 N–H and O–H groups in total. The Morgan fingerprint density at radius 1 is 1.05 bits per heavy atom. The summed E-state index contributed by atoms with van der Waals surface area (Å²) in [6.45, 7) is 1.57. The van der Waals surface area contributed by atoms with E-state index in [0.717, 1.165) is 29.7 Å². The number of rotatable bonds is 7. The SMILES string of the molecule is CN=C(NCc1cc(OC)c(OC)cc1OC)NCC1CC1. The smallest absolute Gasteiger partial charge is 0.191 e. The third-order valence-electron chi connectivity index (χ3n) is 3.71. The first kappa shape index (κ1) is 16.3. The van der Waals surface area contributed by atoms with Crippen molar-refractivity contribution in [3.8, 4) is 17.2 Å². The number of benzene rings is 1. The quantitative estimate of drug-likeness (QED) is 0.594. The van der Waals surface area contributed by atoms with Gasteiger partial charge in [-0.1, -0.05) is 0 Å². The van der Waals surface area contributed by atoms with Gasteiger partial charge in [-0.15, -0.1) is 0 Å². The topological polar surface area (TPSA) is 64.1 Å². The van der Waals surface area contributed by atoms with Crippen LogP contribution >= 0.6 is 0 Å². The van der Waals surface area contributed by atoms with Gasteiger partial charge in [0.25, 0.3) is 0 Å². The van der Waals surface area contributed by atoms with E-state index >= 15 is 0 Å². The molecule has 1 aliphatic rings. The number of ether oxygens (including phenoxy) is 3. The van der Waals surface area contributed by atoms with Crippen LogP contribution < -0.4 is 24.8 Å². The van der Waals surface area contributed by atoms with E-state index in [1.54, 1.807) is 28.4 Å². The zero-order valence-electron chi connectivity index (χ0n) is 13.7. The van der Waals surface area contributed by atoms with Crippen LogP contribution in [0.5, 0.6) is 17.2 Å². The summed E-state index contributed by atoms with van der Waals surface area (Å²) in [4.78, 5) is 4.23. The van der Waals surface area contributed by atoms with Crippen LogP contribution in [0.2, 0.25) is 0 Å². The maximum absolute atomic E-state index is 5.43. The number of aliphatic imine (C=N–C) groups is 1. The van der Waals surface area contributed by atoms with Crippen molar-refractivity contribution in [2.75, 3.05) is 34.9 Å². The number of hydrogen-bond acceptors (Lipinski definition) is 4. The summed E-state index contributed by atoms with van der Waals surface area (Å²) >= 11 is 0. The van der Waals surface area contributed by atoms with Crippen LogP contribution in [0, 0.1) is 5.92 Å². The normalized spacial score (nSPS) is 14.5. The van der Waals surface area contributed by atoms with Gasteiger partial charge in [0.15, 0.2) is 17.5 Å². The third kappa shape index (κ3) is 4.19. The summed E-state index contributed by atoms with van der Waals surface area (Å²) < 4.78 is 16.1. The van der Waals surface area contributed by atoms with E-state index in [1.165, 1.54) is 12.8 Å². The van der Waals surface area contributed by atoms with E-state index in [0.29, 0.717) is 18.0 Å². The molecule has 0 saturated heterocycles. The van der Waals surface area contributed by atoms with E-state index in [2.05, 4.69) is 15.6 Å². The average Bonchev–Trinajstić information content (AvgIpc) is 3.38. The molecule has 0 radical (unpaired) electrons. The molecule has 0 heterocycles. The molecule has 2 rings (SSSR count). The van der Waals surface area contributed by atoms with Crippen molar-refractivity contribution in [1.29, 1.82) is 0 Å². The highest BCUT2D eigenvalue weighted by Gasteiger charge is 2.21. The molecular formula is C16H25N3O3. The summed E-state index contributed by atoms with van der Waals surface area (Å²) in [6.07, 6.45) is 2.63. The Labute approximate surface area is 131 Å². The molecule has 0 aromatic heterocycles. The van der Waals surface area contributed by atoms with Crippen LogP contribution in [0.25, 0.3) is 0 Å². The standard InChI is InChI=1S/C16H25N3O3/c1-17-16(18-9-11-5-6-11)19-10-12-7-14(21-3)15(22-4)8-13(12)20-2/h7-8,11H,5-6,9-10H2,1-4H3,(H2,17,18,19). The van der Waals surface area contributed by atoms with Crippen molar-refractivity contribution in [3.63, 3.8) is 0 Å². The Morgan fingerprint density at radius 3 is 2.23 bits per heavy atom. The lowest BCUT2D eigenvalue weighted by atomic mass is 10.1. The first-order valence-electron chi connectivity index (χ1n) is 7.45. The van der Waals surface area contributed by atoms with Gasteiger partial charge in [-0.25, -0.2) is 0 Å². The van der Waals surface area contributed by atoms with Gasteiger partial charge in [0.1, 0.15) is 5.75 Å². The van der Waals surface area contributed by atoms with Gasteiger partial charge in [0.2, 0.25) is 0 Å². The van der Waals surface area contributed by atoms with E-state index in [1.807, 2.05) is 12.1 Å². The largest absolute Gasteiger partial charge is 0.496 e. The van der Waals surface area contributed by atoms with Crippen LogP contribution in [0.3, 0.4) is 0 Å². The van der Waals surface area contributed by atoms with Gasteiger partial charge in [0.05, 0.1) is 21.3 Å². The van der Waals surface area contributed by atoms with Gasteiger partial charge in [-0.3, -0.25) is 4.99 Å². The zero-order chi connectivity index (χ0) is 15.9. The fourth-order valence-corrected chi connectivity index (χ4v) is 2.19. The Hall–Kier alpha value is -2.11. The molecule has 1 aromatic carbocycles. The summed E-state index contributed by atoms with van der Waals surface area (Å²) in [5.74, 6) is 3.68. The van der Waals surface area contributed by atoms with Gasteiger partial charge in [-0.05, 0) is 24.8 Å². The summed E-state index contributed by atoms with van der Waals surface area (Å²) in [5.41, 5.74) is 0.981. The summed E-state index contributed by atoms with van der Waals surface area (Å²) in [7, 11) is 6.65.